The van der Waals surface area contributed by atoms with E-state index in [4.69, 9.17) is 11.6 Å². The molecule has 0 radical (unpaired) electrons. The van der Waals surface area contributed by atoms with Crippen LogP contribution in [0.25, 0.3) is 16.8 Å². The van der Waals surface area contributed by atoms with Crippen LogP contribution in [0.3, 0.4) is 0 Å². The Labute approximate surface area is 213 Å². The summed E-state index contributed by atoms with van der Waals surface area (Å²) < 4.78 is 15.6. The molecule has 7 nitrogen and oxygen atoms in total. The van der Waals surface area contributed by atoms with Crippen molar-refractivity contribution in [3.63, 3.8) is 0 Å². The van der Waals surface area contributed by atoms with Gasteiger partial charge in [-0.25, -0.2) is 8.91 Å². The van der Waals surface area contributed by atoms with E-state index in [1.165, 1.54) is 17.0 Å². The number of nitrogens with zero attached hydrogens (tertiary/aromatic N) is 4. The Balaban J connectivity index is 1.30. The highest BCUT2D eigenvalue weighted by Gasteiger charge is 2.35. The van der Waals surface area contributed by atoms with Gasteiger partial charge >= 0.3 is 0 Å². The molecule has 1 N–H and O–H groups in total. The van der Waals surface area contributed by atoms with Crippen molar-refractivity contribution in [1.29, 1.82) is 0 Å². The average Bonchev–Trinajstić information content (AvgIpc) is 3.67. The fraction of sp³-hybridized carbons (Fsp3) is 0.444. The van der Waals surface area contributed by atoms with Crippen molar-refractivity contribution in [2.45, 2.75) is 56.6 Å². The molecule has 2 saturated carbocycles. The van der Waals surface area contributed by atoms with Gasteiger partial charge in [0.15, 0.2) is 5.69 Å². The number of aliphatic hydroxyl groups excluding tert-OH is 1. The quantitative estimate of drug-likeness (QED) is 0.569. The molecule has 3 fully saturated rings. The lowest BCUT2D eigenvalue weighted by atomic mass is 9.91. The summed E-state index contributed by atoms with van der Waals surface area (Å²) >= 11 is 6.74. The van der Waals surface area contributed by atoms with Crippen molar-refractivity contribution in [1.82, 2.24) is 19.4 Å². The number of piperazine rings is 1. The average molecular weight is 511 g/mol. The molecule has 0 bridgehead atoms. The second kappa shape index (κ2) is 9.16. The molecule has 3 heterocycles. The number of benzene rings is 1. The summed E-state index contributed by atoms with van der Waals surface area (Å²) in [5.74, 6) is -0.392. The number of hydrogen-bond donors (Lipinski definition) is 1. The number of pyridine rings is 1. The minimum absolute atomic E-state index is 0.0217. The first-order chi connectivity index (χ1) is 17.4. The maximum atomic E-state index is 14.0. The fourth-order valence-electron chi connectivity index (χ4n) is 5.55. The Morgan fingerprint density at radius 1 is 1.06 bits per heavy atom. The SMILES string of the molecule is O=C(c1nn2c(-c3cccc(F)c3)cc(C3CC3)cc2c1Cl)N1CCN([C@H]2CC[C@H](O)CC2)C(=O)C1. The van der Waals surface area contributed by atoms with Crippen LogP contribution in [-0.2, 0) is 4.79 Å². The molecule has 1 aromatic carbocycles. The fourth-order valence-corrected chi connectivity index (χ4v) is 5.80. The van der Waals surface area contributed by atoms with Crippen molar-refractivity contribution in [2.24, 2.45) is 0 Å². The summed E-state index contributed by atoms with van der Waals surface area (Å²) in [5.41, 5.74) is 3.14. The van der Waals surface area contributed by atoms with Crippen molar-refractivity contribution in [2.75, 3.05) is 19.6 Å². The zero-order chi connectivity index (χ0) is 25.0. The van der Waals surface area contributed by atoms with Gasteiger partial charge in [0.1, 0.15) is 12.4 Å². The summed E-state index contributed by atoms with van der Waals surface area (Å²) in [4.78, 5) is 29.8. The summed E-state index contributed by atoms with van der Waals surface area (Å²) in [6, 6.07) is 10.4. The summed E-state index contributed by atoms with van der Waals surface area (Å²) in [6.45, 7) is 0.834. The van der Waals surface area contributed by atoms with Gasteiger partial charge in [-0.3, -0.25) is 9.59 Å². The summed E-state index contributed by atoms with van der Waals surface area (Å²) in [5, 5.41) is 14.6. The van der Waals surface area contributed by atoms with Gasteiger partial charge in [0.2, 0.25) is 5.91 Å². The van der Waals surface area contributed by atoms with Crippen LogP contribution in [0, 0.1) is 5.82 Å². The first-order valence-electron chi connectivity index (χ1n) is 12.6. The van der Waals surface area contributed by atoms with Crippen molar-refractivity contribution < 1.29 is 19.1 Å². The number of halogens is 2. The van der Waals surface area contributed by atoms with Gasteiger partial charge in [0, 0.05) is 24.7 Å². The molecule has 0 atom stereocenters. The molecule has 1 saturated heterocycles. The largest absolute Gasteiger partial charge is 0.393 e. The van der Waals surface area contributed by atoms with Gasteiger partial charge in [-0.2, -0.15) is 5.10 Å². The van der Waals surface area contributed by atoms with Crippen molar-refractivity contribution in [3.8, 4) is 11.3 Å². The monoisotopic (exact) mass is 510 g/mol. The van der Waals surface area contributed by atoms with Gasteiger partial charge in [0.05, 0.1) is 22.3 Å². The molecule has 3 aromatic rings. The first-order valence-corrected chi connectivity index (χ1v) is 13.0. The molecule has 2 aromatic heterocycles. The van der Waals surface area contributed by atoms with Crippen LogP contribution >= 0.6 is 11.6 Å². The highest BCUT2D eigenvalue weighted by Crippen LogP contribution is 2.43. The van der Waals surface area contributed by atoms with Gasteiger partial charge in [0.25, 0.3) is 5.91 Å². The van der Waals surface area contributed by atoms with Gasteiger partial charge in [-0.1, -0.05) is 23.7 Å². The third kappa shape index (κ3) is 4.26. The lowest BCUT2D eigenvalue weighted by molar-refractivity contribution is -0.138. The maximum absolute atomic E-state index is 14.0. The van der Waals surface area contributed by atoms with Crippen LogP contribution in [0.1, 0.15) is 60.5 Å². The summed E-state index contributed by atoms with van der Waals surface area (Å²) in [7, 11) is 0. The van der Waals surface area contributed by atoms with E-state index in [2.05, 4.69) is 5.10 Å². The second-order valence-electron chi connectivity index (χ2n) is 10.2. The van der Waals surface area contributed by atoms with E-state index in [0.717, 1.165) is 31.2 Å². The number of rotatable bonds is 4. The standard InChI is InChI=1S/C27H28ClFN4O3/c28-25-23-14-18(16-4-5-16)13-22(17-2-1-3-19(29)12-17)33(23)30-26(25)27(36)31-10-11-32(24(35)15-31)20-6-8-21(34)9-7-20/h1-3,12-14,16,20-21,34H,4-11,15H2/t20-,21-. The number of fused-ring (bicyclic) bond motifs is 1. The lowest BCUT2D eigenvalue weighted by Gasteiger charge is -2.41. The molecule has 3 aliphatic rings. The normalized spacial score (nSPS) is 22.9. The van der Waals surface area contributed by atoms with E-state index in [9.17, 15) is 19.1 Å². The molecule has 0 spiro atoms. The predicted octanol–water partition coefficient (Wildman–Crippen LogP) is 4.26. The Hall–Kier alpha value is -2.97. The van der Waals surface area contributed by atoms with E-state index in [0.29, 0.717) is 48.6 Å². The van der Waals surface area contributed by atoms with Gasteiger partial charge in [-0.05, 0) is 74.3 Å². The molecule has 1 aliphatic heterocycles. The Bertz CT molecular complexity index is 1350. The minimum Gasteiger partial charge on any atom is -0.393 e. The number of amides is 2. The zero-order valence-electron chi connectivity index (χ0n) is 19.9. The molecule has 2 aliphatic carbocycles. The van der Waals surface area contributed by atoms with Gasteiger partial charge in [-0.15, -0.1) is 0 Å². The van der Waals surface area contributed by atoms with Crippen LogP contribution in [0.4, 0.5) is 4.39 Å². The molecule has 0 unspecified atom stereocenters. The number of aromatic nitrogens is 2. The number of carbonyl (C=O) groups is 2. The van der Waals surface area contributed by atoms with E-state index < -0.39 is 0 Å². The minimum atomic E-state index is -0.381. The molecule has 36 heavy (non-hydrogen) atoms. The number of hydrogen-bond acceptors (Lipinski definition) is 4. The van der Waals surface area contributed by atoms with Crippen LogP contribution in [0.15, 0.2) is 36.4 Å². The van der Waals surface area contributed by atoms with E-state index in [1.54, 1.807) is 10.6 Å². The van der Waals surface area contributed by atoms with E-state index in [1.807, 2.05) is 23.1 Å². The van der Waals surface area contributed by atoms with Crippen LogP contribution in [-0.4, -0.2) is 68.1 Å². The molecular formula is C27H28ClFN4O3. The molecule has 6 rings (SSSR count). The smallest absolute Gasteiger partial charge is 0.276 e. The number of carbonyl (C=O) groups excluding carboxylic acids is 2. The first kappa shape index (κ1) is 23.4. The molecule has 188 valence electrons. The van der Waals surface area contributed by atoms with Crippen molar-refractivity contribution in [3.05, 3.63) is 58.5 Å². The van der Waals surface area contributed by atoms with Crippen LogP contribution in [0.2, 0.25) is 5.02 Å². The van der Waals surface area contributed by atoms with E-state index in [-0.39, 0.29) is 47.0 Å². The molecular weight excluding hydrogens is 483 g/mol. The van der Waals surface area contributed by atoms with Crippen LogP contribution in [0.5, 0.6) is 0 Å². The Morgan fingerprint density at radius 3 is 2.53 bits per heavy atom. The summed E-state index contributed by atoms with van der Waals surface area (Å²) in [6.07, 6.45) is 4.85. The predicted molar refractivity (Wildman–Crippen MR) is 133 cm³/mol. The topological polar surface area (TPSA) is 78.2 Å². The highest BCUT2D eigenvalue weighted by molar-refractivity contribution is 6.37. The zero-order valence-corrected chi connectivity index (χ0v) is 20.6. The lowest BCUT2D eigenvalue weighted by Crippen LogP contribution is -2.56. The number of aliphatic hydroxyl groups is 1. The van der Waals surface area contributed by atoms with Crippen LogP contribution < -0.4 is 0 Å². The Morgan fingerprint density at radius 2 is 1.83 bits per heavy atom. The Kier molecular flexibility index (Phi) is 5.96. The second-order valence-corrected chi connectivity index (χ2v) is 10.6. The van der Waals surface area contributed by atoms with E-state index >= 15 is 0 Å². The molecule has 9 heteroatoms. The maximum Gasteiger partial charge on any atom is 0.276 e. The highest BCUT2D eigenvalue weighted by atomic mass is 35.5. The third-order valence-electron chi connectivity index (χ3n) is 7.72. The van der Waals surface area contributed by atoms with Crippen molar-refractivity contribution >= 4 is 28.9 Å². The molecule has 2 amide bonds. The third-order valence-corrected chi connectivity index (χ3v) is 8.09. The van der Waals surface area contributed by atoms with Gasteiger partial charge < -0.3 is 14.9 Å².